The Labute approximate surface area is 123 Å². The van der Waals surface area contributed by atoms with Gasteiger partial charge >= 0.3 is 0 Å². The number of hydrogen-bond acceptors (Lipinski definition) is 5. The summed E-state index contributed by atoms with van der Waals surface area (Å²) < 4.78 is 0. The summed E-state index contributed by atoms with van der Waals surface area (Å²) in [6.45, 7) is 4.27. The maximum Gasteiger partial charge on any atom is 0.288 e. The number of amides is 1. The van der Waals surface area contributed by atoms with Crippen LogP contribution in [0, 0.1) is 22.0 Å². The Morgan fingerprint density at radius 1 is 1.57 bits per heavy atom. The van der Waals surface area contributed by atoms with E-state index in [4.69, 9.17) is 5.73 Å². The van der Waals surface area contributed by atoms with Gasteiger partial charge in [0.1, 0.15) is 12.0 Å². The molecule has 0 aliphatic heterocycles. The summed E-state index contributed by atoms with van der Waals surface area (Å²) in [6, 6.07) is 1.26. The zero-order valence-corrected chi connectivity index (χ0v) is 12.2. The quantitative estimate of drug-likeness (QED) is 0.652. The van der Waals surface area contributed by atoms with Gasteiger partial charge in [-0.3, -0.25) is 14.9 Å². The first-order valence-corrected chi connectivity index (χ1v) is 7.14. The second-order valence-electron chi connectivity index (χ2n) is 5.57. The standard InChI is InChI=1S/C14H20N4O3/c1-3-9-4-5-12(8(9)2)17-14(19)11-6-10(18(20)21)7-16-13(11)15/h6-9,12H,3-5H2,1-2H3,(H2,15,16)(H,17,19). The smallest absolute Gasteiger partial charge is 0.288 e. The number of rotatable bonds is 4. The highest BCUT2D eigenvalue weighted by atomic mass is 16.6. The molecular weight excluding hydrogens is 272 g/mol. The molecule has 1 amide bonds. The average molecular weight is 292 g/mol. The Kier molecular flexibility index (Phi) is 4.40. The van der Waals surface area contributed by atoms with Crippen molar-refractivity contribution < 1.29 is 9.72 Å². The van der Waals surface area contributed by atoms with Crippen LogP contribution in [-0.4, -0.2) is 21.9 Å². The topological polar surface area (TPSA) is 111 Å². The van der Waals surface area contributed by atoms with Crippen molar-refractivity contribution in [3.8, 4) is 0 Å². The van der Waals surface area contributed by atoms with Crippen molar-refractivity contribution in [2.24, 2.45) is 11.8 Å². The SMILES string of the molecule is CCC1CCC(NC(=O)c2cc([N+](=O)[O-])cnc2N)C1C. The summed E-state index contributed by atoms with van der Waals surface area (Å²) in [5.74, 6) is 0.621. The molecule has 1 aliphatic rings. The molecule has 1 aromatic rings. The monoisotopic (exact) mass is 292 g/mol. The highest BCUT2D eigenvalue weighted by Gasteiger charge is 2.33. The van der Waals surface area contributed by atoms with E-state index in [-0.39, 0.29) is 23.1 Å². The van der Waals surface area contributed by atoms with Crippen LogP contribution in [-0.2, 0) is 0 Å². The number of hydrogen-bond donors (Lipinski definition) is 2. The molecule has 0 aromatic carbocycles. The molecule has 7 nitrogen and oxygen atoms in total. The van der Waals surface area contributed by atoms with Crippen molar-refractivity contribution in [1.29, 1.82) is 0 Å². The lowest BCUT2D eigenvalue weighted by atomic mass is 9.93. The van der Waals surface area contributed by atoms with Crippen LogP contribution in [0.4, 0.5) is 11.5 Å². The lowest BCUT2D eigenvalue weighted by Crippen LogP contribution is -2.38. The Balaban J connectivity index is 2.14. The van der Waals surface area contributed by atoms with Gasteiger partial charge in [0.15, 0.2) is 0 Å². The summed E-state index contributed by atoms with van der Waals surface area (Å²) >= 11 is 0. The van der Waals surface area contributed by atoms with Gasteiger partial charge in [0.05, 0.1) is 10.5 Å². The van der Waals surface area contributed by atoms with E-state index < -0.39 is 10.8 Å². The summed E-state index contributed by atoms with van der Waals surface area (Å²) in [7, 11) is 0. The molecule has 0 saturated heterocycles. The summed E-state index contributed by atoms with van der Waals surface area (Å²) in [5.41, 5.74) is 5.49. The number of aromatic nitrogens is 1. The molecule has 2 rings (SSSR count). The Hall–Kier alpha value is -2.18. The van der Waals surface area contributed by atoms with Crippen LogP contribution in [0.1, 0.15) is 43.5 Å². The Morgan fingerprint density at radius 2 is 2.29 bits per heavy atom. The van der Waals surface area contributed by atoms with E-state index in [1.54, 1.807) is 0 Å². The maximum absolute atomic E-state index is 12.3. The normalized spacial score (nSPS) is 24.8. The highest BCUT2D eigenvalue weighted by molar-refractivity contribution is 5.99. The summed E-state index contributed by atoms with van der Waals surface area (Å²) in [6.07, 6.45) is 4.16. The lowest BCUT2D eigenvalue weighted by Gasteiger charge is -2.21. The molecule has 1 aromatic heterocycles. The van der Waals surface area contributed by atoms with E-state index in [0.29, 0.717) is 11.8 Å². The molecule has 114 valence electrons. The predicted octanol–water partition coefficient (Wildman–Crippen LogP) is 2.13. The molecule has 1 heterocycles. The van der Waals surface area contributed by atoms with Crippen LogP contribution in [0.15, 0.2) is 12.3 Å². The van der Waals surface area contributed by atoms with Gasteiger partial charge in [-0.05, 0) is 24.7 Å². The minimum Gasteiger partial charge on any atom is -0.383 e. The number of nitrogens with two attached hydrogens (primary N) is 1. The van der Waals surface area contributed by atoms with E-state index >= 15 is 0 Å². The lowest BCUT2D eigenvalue weighted by molar-refractivity contribution is -0.385. The number of pyridine rings is 1. The largest absolute Gasteiger partial charge is 0.383 e. The minimum atomic E-state index is -0.589. The molecule has 3 unspecified atom stereocenters. The van der Waals surface area contributed by atoms with Crippen molar-refractivity contribution in [3.63, 3.8) is 0 Å². The van der Waals surface area contributed by atoms with Crippen LogP contribution >= 0.6 is 0 Å². The third-order valence-corrected chi connectivity index (χ3v) is 4.43. The number of nitro groups is 1. The number of nitrogen functional groups attached to an aromatic ring is 1. The third kappa shape index (κ3) is 3.12. The fourth-order valence-electron chi connectivity index (χ4n) is 3.02. The first-order valence-electron chi connectivity index (χ1n) is 7.14. The zero-order chi connectivity index (χ0) is 15.6. The second kappa shape index (κ2) is 6.07. The van der Waals surface area contributed by atoms with Gasteiger partial charge in [-0.1, -0.05) is 20.3 Å². The van der Waals surface area contributed by atoms with E-state index in [1.165, 1.54) is 6.07 Å². The molecule has 1 aliphatic carbocycles. The van der Waals surface area contributed by atoms with Gasteiger partial charge in [0, 0.05) is 12.1 Å². The molecule has 3 atom stereocenters. The Morgan fingerprint density at radius 3 is 2.86 bits per heavy atom. The molecule has 0 radical (unpaired) electrons. The number of anilines is 1. The van der Waals surface area contributed by atoms with Crippen molar-refractivity contribution in [1.82, 2.24) is 10.3 Å². The van der Waals surface area contributed by atoms with E-state index in [9.17, 15) is 14.9 Å². The number of nitrogens with zero attached hydrogens (tertiary/aromatic N) is 2. The van der Waals surface area contributed by atoms with Gasteiger partial charge in [-0.15, -0.1) is 0 Å². The summed E-state index contributed by atoms with van der Waals surface area (Å²) in [5, 5.41) is 13.7. The van der Waals surface area contributed by atoms with Crippen molar-refractivity contribution in [2.45, 2.75) is 39.2 Å². The number of carbonyl (C=O) groups is 1. The predicted molar refractivity (Wildman–Crippen MR) is 78.7 cm³/mol. The fraction of sp³-hybridized carbons (Fsp3) is 0.571. The van der Waals surface area contributed by atoms with E-state index in [0.717, 1.165) is 25.5 Å². The third-order valence-electron chi connectivity index (χ3n) is 4.43. The van der Waals surface area contributed by atoms with Crippen LogP contribution in [0.5, 0.6) is 0 Å². The Bertz CT molecular complexity index is 561. The molecule has 21 heavy (non-hydrogen) atoms. The molecule has 3 N–H and O–H groups in total. The maximum atomic E-state index is 12.3. The molecule has 7 heteroatoms. The van der Waals surface area contributed by atoms with Crippen LogP contribution in [0.3, 0.4) is 0 Å². The van der Waals surface area contributed by atoms with Crippen LogP contribution in [0.25, 0.3) is 0 Å². The number of carbonyl (C=O) groups excluding carboxylic acids is 1. The van der Waals surface area contributed by atoms with Gasteiger partial charge in [0.25, 0.3) is 11.6 Å². The second-order valence-corrected chi connectivity index (χ2v) is 5.57. The minimum absolute atomic E-state index is 0.00999. The molecule has 1 fully saturated rings. The summed E-state index contributed by atoms with van der Waals surface area (Å²) in [4.78, 5) is 26.2. The van der Waals surface area contributed by atoms with Gasteiger partial charge in [-0.25, -0.2) is 4.98 Å². The van der Waals surface area contributed by atoms with E-state index in [2.05, 4.69) is 24.1 Å². The molecule has 0 bridgehead atoms. The molecule has 0 spiro atoms. The average Bonchev–Trinajstić information content (AvgIpc) is 2.79. The fourth-order valence-corrected chi connectivity index (χ4v) is 3.02. The molecule has 1 saturated carbocycles. The first-order chi connectivity index (χ1) is 9.93. The van der Waals surface area contributed by atoms with Gasteiger partial charge < -0.3 is 11.1 Å². The highest BCUT2D eigenvalue weighted by Crippen LogP contribution is 2.34. The number of nitrogens with one attached hydrogen (secondary N) is 1. The van der Waals surface area contributed by atoms with Gasteiger partial charge in [-0.2, -0.15) is 0 Å². The van der Waals surface area contributed by atoms with Crippen molar-refractivity contribution >= 4 is 17.4 Å². The molecular formula is C14H20N4O3. The van der Waals surface area contributed by atoms with Crippen LogP contribution < -0.4 is 11.1 Å². The van der Waals surface area contributed by atoms with Gasteiger partial charge in [0.2, 0.25) is 0 Å². The van der Waals surface area contributed by atoms with Crippen molar-refractivity contribution in [3.05, 3.63) is 27.9 Å². The zero-order valence-electron chi connectivity index (χ0n) is 12.2. The van der Waals surface area contributed by atoms with Crippen molar-refractivity contribution in [2.75, 3.05) is 5.73 Å². The first kappa shape index (κ1) is 15.2. The van der Waals surface area contributed by atoms with E-state index in [1.807, 2.05) is 0 Å². The van der Waals surface area contributed by atoms with Crippen LogP contribution in [0.2, 0.25) is 0 Å².